The van der Waals surface area contributed by atoms with E-state index in [-0.39, 0.29) is 11.9 Å². The van der Waals surface area contributed by atoms with Crippen molar-refractivity contribution in [2.75, 3.05) is 13.7 Å². The summed E-state index contributed by atoms with van der Waals surface area (Å²) in [6.07, 6.45) is 0.728. The number of rotatable bonds is 3. The third-order valence-electron chi connectivity index (χ3n) is 2.81. The molecule has 1 aliphatic rings. The Morgan fingerprint density at radius 2 is 2.31 bits per heavy atom. The van der Waals surface area contributed by atoms with E-state index in [0.717, 1.165) is 27.8 Å². The second-order valence-corrected chi connectivity index (χ2v) is 4.50. The highest BCUT2D eigenvalue weighted by Gasteiger charge is 2.37. The maximum absolute atomic E-state index is 11.7. The predicted octanol–water partition coefficient (Wildman–Crippen LogP) is 2.66. The summed E-state index contributed by atoms with van der Waals surface area (Å²) in [6, 6.07) is 3.81. The maximum Gasteiger partial charge on any atom is 0.313 e. The number of benzene rings is 1. The van der Waals surface area contributed by atoms with Crippen LogP contribution in [0, 0.1) is 0 Å². The second kappa shape index (κ2) is 4.45. The average molecular weight is 285 g/mol. The van der Waals surface area contributed by atoms with Crippen LogP contribution in [0.1, 0.15) is 24.0 Å². The number of hydrogen-bond donors (Lipinski definition) is 0. The van der Waals surface area contributed by atoms with E-state index in [4.69, 9.17) is 9.47 Å². The van der Waals surface area contributed by atoms with Crippen LogP contribution in [0.3, 0.4) is 0 Å². The number of carbonyl (C=O) groups excluding carboxylic acids is 1. The smallest absolute Gasteiger partial charge is 0.313 e. The number of hydrogen-bond acceptors (Lipinski definition) is 3. The highest BCUT2D eigenvalue weighted by Crippen LogP contribution is 2.45. The highest BCUT2D eigenvalue weighted by atomic mass is 79.9. The Bertz CT molecular complexity index is 429. The first kappa shape index (κ1) is 11.5. The van der Waals surface area contributed by atoms with Gasteiger partial charge < -0.3 is 9.47 Å². The van der Waals surface area contributed by atoms with E-state index in [1.54, 1.807) is 7.11 Å². The van der Waals surface area contributed by atoms with Crippen molar-refractivity contribution in [3.05, 3.63) is 27.7 Å². The third-order valence-corrected chi connectivity index (χ3v) is 3.55. The molecule has 0 fully saturated rings. The fourth-order valence-electron chi connectivity index (χ4n) is 2.00. The zero-order valence-electron chi connectivity index (χ0n) is 9.25. The molecule has 16 heavy (non-hydrogen) atoms. The zero-order chi connectivity index (χ0) is 11.7. The molecule has 1 aliphatic carbocycles. The van der Waals surface area contributed by atoms with Crippen LogP contribution < -0.4 is 4.74 Å². The van der Waals surface area contributed by atoms with Gasteiger partial charge in [-0.3, -0.25) is 4.79 Å². The van der Waals surface area contributed by atoms with Gasteiger partial charge in [-0.25, -0.2) is 0 Å². The van der Waals surface area contributed by atoms with Gasteiger partial charge in [0.1, 0.15) is 5.75 Å². The Morgan fingerprint density at radius 1 is 1.56 bits per heavy atom. The van der Waals surface area contributed by atoms with E-state index >= 15 is 0 Å². The van der Waals surface area contributed by atoms with Gasteiger partial charge >= 0.3 is 5.97 Å². The largest absolute Gasteiger partial charge is 0.496 e. The standard InChI is InChI=1S/C12H13BrO3/c1-3-16-12(14)8-6-7-9(13)4-5-10(15-2)11(7)8/h4-5,8H,3,6H2,1-2H3. The molecule has 1 unspecified atom stereocenters. The number of methoxy groups -OCH3 is 1. The molecule has 1 aromatic carbocycles. The minimum atomic E-state index is -0.164. The molecule has 0 bridgehead atoms. The number of ether oxygens (including phenoxy) is 2. The van der Waals surface area contributed by atoms with Crippen molar-refractivity contribution >= 4 is 21.9 Å². The Morgan fingerprint density at radius 3 is 2.94 bits per heavy atom. The molecule has 0 heterocycles. The number of halogens is 1. The molecule has 0 saturated carbocycles. The summed E-state index contributed by atoms with van der Waals surface area (Å²) in [5.41, 5.74) is 2.12. The van der Waals surface area contributed by atoms with E-state index in [1.165, 1.54) is 0 Å². The lowest BCUT2D eigenvalue weighted by Gasteiger charge is -2.31. The van der Waals surface area contributed by atoms with Crippen molar-refractivity contribution in [3.63, 3.8) is 0 Å². The molecular weight excluding hydrogens is 272 g/mol. The molecule has 0 saturated heterocycles. The molecule has 0 aliphatic heterocycles. The van der Waals surface area contributed by atoms with Crippen LogP contribution in [-0.4, -0.2) is 19.7 Å². The number of carbonyl (C=O) groups is 1. The molecule has 0 N–H and O–H groups in total. The van der Waals surface area contributed by atoms with Gasteiger partial charge in [0.05, 0.1) is 19.6 Å². The first-order valence-electron chi connectivity index (χ1n) is 5.21. The second-order valence-electron chi connectivity index (χ2n) is 3.65. The molecule has 4 heteroatoms. The fraction of sp³-hybridized carbons (Fsp3) is 0.417. The van der Waals surface area contributed by atoms with Gasteiger partial charge in [0.15, 0.2) is 0 Å². The van der Waals surface area contributed by atoms with Gasteiger partial charge in [-0.1, -0.05) is 15.9 Å². The average Bonchev–Trinajstić information content (AvgIpc) is 2.21. The lowest BCUT2D eigenvalue weighted by atomic mass is 9.77. The van der Waals surface area contributed by atoms with Crippen LogP contribution in [0.25, 0.3) is 0 Å². The molecule has 0 spiro atoms. The Kier molecular flexibility index (Phi) is 3.19. The lowest BCUT2D eigenvalue weighted by molar-refractivity contribution is -0.145. The zero-order valence-corrected chi connectivity index (χ0v) is 10.8. The van der Waals surface area contributed by atoms with Crippen LogP contribution in [0.5, 0.6) is 5.75 Å². The predicted molar refractivity (Wildman–Crippen MR) is 63.8 cm³/mol. The van der Waals surface area contributed by atoms with E-state index in [2.05, 4.69) is 15.9 Å². The highest BCUT2D eigenvalue weighted by molar-refractivity contribution is 9.10. The molecule has 3 nitrogen and oxygen atoms in total. The minimum Gasteiger partial charge on any atom is -0.496 e. The topological polar surface area (TPSA) is 35.5 Å². The Balaban J connectivity index is 2.32. The molecule has 86 valence electrons. The minimum absolute atomic E-state index is 0.161. The summed E-state index contributed by atoms with van der Waals surface area (Å²) in [6.45, 7) is 2.23. The van der Waals surface area contributed by atoms with Crippen molar-refractivity contribution in [2.45, 2.75) is 19.3 Å². The van der Waals surface area contributed by atoms with Crippen molar-refractivity contribution in [1.82, 2.24) is 0 Å². The van der Waals surface area contributed by atoms with Gasteiger partial charge in [0.25, 0.3) is 0 Å². The van der Waals surface area contributed by atoms with Gasteiger partial charge in [0.2, 0.25) is 0 Å². The van der Waals surface area contributed by atoms with Crippen LogP contribution in [0.4, 0.5) is 0 Å². The Hall–Kier alpha value is -1.03. The summed E-state index contributed by atoms with van der Waals surface area (Å²) in [5, 5.41) is 0. The molecule has 1 aromatic rings. The van der Waals surface area contributed by atoms with Gasteiger partial charge in [0, 0.05) is 10.0 Å². The number of fused-ring (bicyclic) bond motifs is 1. The molecule has 2 rings (SSSR count). The monoisotopic (exact) mass is 284 g/mol. The summed E-state index contributed by atoms with van der Waals surface area (Å²) in [4.78, 5) is 11.7. The van der Waals surface area contributed by atoms with Crippen LogP contribution in [0.2, 0.25) is 0 Å². The van der Waals surface area contributed by atoms with Crippen LogP contribution >= 0.6 is 15.9 Å². The summed E-state index contributed by atoms with van der Waals surface area (Å²) in [5.74, 6) is 0.441. The Labute approximate surface area is 103 Å². The van der Waals surface area contributed by atoms with E-state index < -0.39 is 0 Å². The molecule has 0 radical (unpaired) electrons. The summed E-state index contributed by atoms with van der Waals surface area (Å²) < 4.78 is 11.3. The summed E-state index contributed by atoms with van der Waals surface area (Å²) in [7, 11) is 1.62. The van der Waals surface area contributed by atoms with Gasteiger partial charge in [-0.05, 0) is 31.0 Å². The van der Waals surface area contributed by atoms with Crippen LogP contribution in [-0.2, 0) is 16.0 Å². The van der Waals surface area contributed by atoms with E-state index in [1.807, 2.05) is 19.1 Å². The SMILES string of the molecule is CCOC(=O)C1Cc2c(Br)ccc(OC)c21. The molecule has 0 aromatic heterocycles. The lowest BCUT2D eigenvalue weighted by Crippen LogP contribution is -2.28. The van der Waals surface area contributed by atoms with Gasteiger partial charge in [-0.15, -0.1) is 0 Å². The van der Waals surface area contributed by atoms with Crippen LogP contribution in [0.15, 0.2) is 16.6 Å². The number of esters is 1. The first-order chi connectivity index (χ1) is 7.69. The first-order valence-corrected chi connectivity index (χ1v) is 6.00. The maximum atomic E-state index is 11.7. The molecule has 0 amide bonds. The van der Waals surface area contributed by atoms with E-state index in [9.17, 15) is 4.79 Å². The molecular formula is C12H13BrO3. The van der Waals surface area contributed by atoms with E-state index in [0.29, 0.717) is 6.61 Å². The van der Waals surface area contributed by atoms with Crippen molar-refractivity contribution in [1.29, 1.82) is 0 Å². The normalized spacial score (nSPS) is 17.3. The van der Waals surface area contributed by atoms with Gasteiger partial charge in [-0.2, -0.15) is 0 Å². The fourth-order valence-corrected chi connectivity index (χ4v) is 2.51. The van der Waals surface area contributed by atoms with Crippen molar-refractivity contribution in [3.8, 4) is 5.75 Å². The third kappa shape index (κ3) is 1.71. The quantitative estimate of drug-likeness (QED) is 0.801. The molecule has 1 atom stereocenters. The van der Waals surface area contributed by atoms with Crippen molar-refractivity contribution in [2.24, 2.45) is 0 Å². The van der Waals surface area contributed by atoms with Crippen molar-refractivity contribution < 1.29 is 14.3 Å². The summed E-state index contributed by atoms with van der Waals surface area (Å²) >= 11 is 3.47.